The highest BCUT2D eigenvalue weighted by Gasteiger charge is 2.43. The Morgan fingerprint density at radius 2 is 1.83 bits per heavy atom. The SMILES string of the molecule is CCOC(=O)CCC(NC(=O)C1CNC(NCC2CNC3NC(N)NC(N)C3C2C)S1)C(=O)OCC. The van der Waals surface area contributed by atoms with E-state index < -0.39 is 18.0 Å². The van der Waals surface area contributed by atoms with Gasteiger partial charge in [-0.05, 0) is 32.1 Å². The molecule has 3 aliphatic heterocycles. The molecule has 0 radical (unpaired) electrons. The summed E-state index contributed by atoms with van der Waals surface area (Å²) in [5.74, 6) is -0.339. The van der Waals surface area contributed by atoms with Crippen molar-refractivity contribution in [1.82, 2.24) is 31.9 Å². The van der Waals surface area contributed by atoms with Crippen molar-refractivity contribution in [2.24, 2.45) is 29.2 Å². The Hall–Kier alpha value is -1.52. The number of amides is 1. The molecular weight excluding hydrogens is 488 g/mol. The van der Waals surface area contributed by atoms with E-state index in [-0.39, 0.29) is 67.2 Å². The number of thioether (sulfide) groups is 1. The number of hydrogen-bond acceptors (Lipinski definition) is 13. The summed E-state index contributed by atoms with van der Waals surface area (Å²) < 4.78 is 10.0. The van der Waals surface area contributed by atoms with E-state index in [9.17, 15) is 14.4 Å². The highest BCUT2D eigenvalue weighted by Crippen LogP contribution is 2.30. The monoisotopic (exact) mass is 530 g/mol. The van der Waals surface area contributed by atoms with Crippen LogP contribution in [0, 0.1) is 17.8 Å². The molecule has 0 aromatic carbocycles. The molecule has 3 fully saturated rings. The summed E-state index contributed by atoms with van der Waals surface area (Å²) in [6.07, 6.45) is -0.299. The van der Waals surface area contributed by atoms with Crippen LogP contribution in [0.5, 0.6) is 0 Å². The Labute approximate surface area is 216 Å². The average molecular weight is 531 g/mol. The molecule has 3 aliphatic rings. The zero-order chi connectivity index (χ0) is 26.2. The summed E-state index contributed by atoms with van der Waals surface area (Å²) in [6.45, 7) is 8.11. The van der Waals surface area contributed by atoms with E-state index in [0.717, 1.165) is 13.1 Å². The zero-order valence-corrected chi connectivity index (χ0v) is 22.1. The van der Waals surface area contributed by atoms with Crippen molar-refractivity contribution in [3.8, 4) is 0 Å². The third-order valence-electron chi connectivity index (χ3n) is 6.96. The van der Waals surface area contributed by atoms with Gasteiger partial charge in [-0.25, -0.2) is 4.79 Å². The molecule has 9 atom stereocenters. The highest BCUT2D eigenvalue weighted by molar-refractivity contribution is 8.01. The molecule has 14 heteroatoms. The smallest absolute Gasteiger partial charge is 0.328 e. The lowest BCUT2D eigenvalue weighted by atomic mass is 9.75. The molecule has 3 heterocycles. The number of nitrogens with one attached hydrogen (secondary N) is 6. The molecule has 0 aromatic heterocycles. The zero-order valence-electron chi connectivity index (χ0n) is 21.3. The van der Waals surface area contributed by atoms with Crippen LogP contribution in [0.1, 0.15) is 33.6 Å². The third kappa shape index (κ3) is 7.74. The first-order chi connectivity index (χ1) is 17.2. The summed E-state index contributed by atoms with van der Waals surface area (Å²) in [5.41, 5.74) is 12.2. The molecule has 0 spiro atoms. The van der Waals surface area contributed by atoms with Crippen molar-refractivity contribution in [2.75, 3.05) is 32.8 Å². The van der Waals surface area contributed by atoms with Gasteiger partial charge in [-0.15, -0.1) is 11.8 Å². The fourth-order valence-electron chi connectivity index (χ4n) is 5.00. The van der Waals surface area contributed by atoms with E-state index in [1.165, 1.54) is 11.8 Å². The number of carbonyl (C=O) groups is 3. The maximum absolute atomic E-state index is 12.9. The van der Waals surface area contributed by atoms with Crippen LogP contribution in [0.15, 0.2) is 0 Å². The normalized spacial score (nSPS) is 34.9. The summed E-state index contributed by atoms with van der Waals surface area (Å²) in [5, 5.41) is 19.2. The van der Waals surface area contributed by atoms with Crippen molar-refractivity contribution in [3.05, 3.63) is 0 Å². The van der Waals surface area contributed by atoms with Crippen LogP contribution in [0.4, 0.5) is 0 Å². The Morgan fingerprint density at radius 1 is 1.08 bits per heavy atom. The standard InChI is InChI=1S/C22H42N8O5S/c1-4-34-15(31)7-6-13(20(33)35-5-2)28-19(32)14-10-27-22(36-14)26-9-12-8-25-18-16(11(12)3)17(23)29-21(24)30-18/h11-14,16-18,21-22,25-27,29-30H,4-10,23-24H2,1-3H3,(H,28,32). The second-order valence-electron chi connectivity index (χ2n) is 9.40. The number of fused-ring (bicyclic) bond motifs is 1. The Balaban J connectivity index is 1.46. The van der Waals surface area contributed by atoms with Crippen LogP contribution in [0.25, 0.3) is 0 Å². The molecular formula is C22H42N8O5S. The van der Waals surface area contributed by atoms with Gasteiger partial charge >= 0.3 is 11.9 Å². The van der Waals surface area contributed by atoms with E-state index in [0.29, 0.717) is 18.4 Å². The van der Waals surface area contributed by atoms with Gasteiger partial charge < -0.3 is 31.6 Å². The highest BCUT2D eigenvalue weighted by atomic mass is 32.2. The summed E-state index contributed by atoms with van der Waals surface area (Å²) in [7, 11) is 0. The minimum Gasteiger partial charge on any atom is -0.466 e. The van der Waals surface area contributed by atoms with Crippen LogP contribution in [0.3, 0.4) is 0 Å². The lowest BCUT2D eigenvalue weighted by molar-refractivity contribution is -0.148. The molecule has 1 amide bonds. The topological polar surface area (TPSA) is 194 Å². The summed E-state index contributed by atoms with van der Waals surface area (Å²) in [6, 6.07) is -0.897. The molecule has 3 saturated heterocycles. The van der Waals surface area contributed by atoms with Crippen LogP contribution in [-0.4, -0.2) is 86.1 Å². The van der Waals surface area contributed by atoms with Gasteiger partial charge in [0.25, 0.3) is 0 Å². The predicted octanol–water partition coefficient (Wildman–Crippen LogP) is -2.53. The largest absolute Gasteiger partial charge is 0.466 e. The molecule has 0 aromatic rings. The van der Waals surface area contributed by atoms with Gasteiger partial charge in [0.2, 0.25) is 5.91 Å². The molecule has 10 N–H and O–H groups in total. The average Bonchev–Trinajstić information content (AvgIpc) is 3.30. The van der Waals surface area contributed by atoms with Crippen LogP contribution in [-0.2, 0) is 23.9 Å². The van der Waals surface area contributed by atoms with E-state index >= 15 is 0 Å². The quantitative estimate of drug-likeness (QED) is 0.130. The Bertz CT molecular complexity index is 764. The number of rotatable bonds is 11. The fraction of sp³-hybridized carbons (Fsp3) is 0.864. The van der Waals surface area contributed by atoms with Crippen molar-refractivity contribution >= 4 is 29.6 Å². The Kier molecular flexibility index (Phi) is 11.2. The van der Waals surface area contributed by atoms with Gasteiger partial charge in [-0.1, -0.05) is 6.92 Å². The number of piperidine rings is 1. The number of ether oxygens (including phenoxy) is 2. The maximum atomic E-state index is 12.9. The second kappa shape index (κ2) is 13.9. The Morgan fingerprint density at radius 3 is 2.56 bits per heavy atom. The lowest BCUT2D eigenvalue weighted by Crippen LogP contribution is -2.76. The molecule has 0 bridgehead atoms. The maximum Gasteiger partial charge on any atom is 0.328 e. The first kappa shape index (κ1) is 29.0. The van der Waals surface area contributed by atoms with Crippen LogP contribution < -0.4 is 43.4 Å². The van der Waals surface area contributed by atoms with Gasteiger partial charge in [0.05, 0.1) is 30.8 Å². The lowest BCUT2D eigenvalue weighted by Gasteiger charge is -2.50. The molecule has 9 unspecified atom stereocenters. The van der Waals surface area contributed by atoms with Gasteiger partial charge in [-0.2, -0.15) is 0 Å². The molecule has 0 saturated carbocycles. The molecule has 206 valence electrons. The number of hydrogen-bond donors (Lipinski definition) is 8. The first-order valence-electron chi connectivity index (χ1n) is 12.7. The van der Waals surface area contributed by atoms with E-state index in [2.05, 4.69) is 38.8 Å². The number of esters is 2. The minimum absolute atomic E-state index is 0.0218. The minimum atomic E-state index is -0.897. The summed E-state index contributed by atoms with van der Waals surface area (Å²) >= 11 is 1.47. The molecule has 3 rings (SSSR count). The number of carbonyl (C=O) groups excluding carboxylic acids is 3. The van der Waals surface area contributed by atoms with Crippen molar-refractivity contribution < 1.29 is 23.9 Å². The van der Waals surface area contributed by atoms with E-state index in [1.807, 2.05) is 0 Å². The van der Waals surface area contributed by atoms with Crippen LogP contribution >= 0.6 is 11.8 Å². The van der Waals surface area contributed by atoms with Gasteiger partial charge in [-0.3, -0.25) is 30.9 Å². The van der Waals surface area contributed by atoms with Gasteiger partial charge in [0, 0.05) is 32.0 Å². The summed E-state index contributed by atoms with van der Waals surface area (Å²) in [4.78, 5) is 36.9. The third-order valence-corrected chi connectivity index (χ3v) is 8.27. The first-order valence-corrected chi connectivity index (χ1v) is 13.7. The van der Waals surface area contributed by atoms with Crippen molar-refractivity contribution in [1.29, 1.82) is 0 Å². The second-order valence-corrected chi connectivity index (χ2v) is 10.7. The van der Waals surface area contributed by atoms with E-state index in [1.54, 1.807) is 13.8 Å². The predicted molar refractivity (Wildman–Crippen MR) is 136 cm³/mol. The van der Waals surface area contributed by atoms with Crippen molar-refractivity contribution in [3.63, 3.8) is 0 Å². The molecule has 36 heavy (non-hydrogen) atoms. The van der Waals surface area contributed by atoms with Crippen LogP contribution in [0.2, 0.25) is 0 Å². The number of nitrogens with two attached hydrogens (primary N) is 2. The van der Waals surface area contributed by atoms with Gasteiger partial charge in [0.1, 0.15) is 17.8 Å². The fourth-order valence-corrected chi connectivity index (χ4v) is 6.10. The van der Waals surface area contributed by atoms with E-state index in [4.69, 9.17) is 20.9 Å². The van der Waals surface area contributed by atoms with Crippen molar-refractivity contribution in [2.45, 2.75) is 69.0 Å². The van der Waals surface area contributed by atoms with Gasteiger partial charge in [0.15, 0.2) is 0 Å². The molecule has 13 nitrogen and oxygen atoms in total. The molecule has 0 aliphatic carbocycles.